The third-order valence-corrected chi connectivity index (χ3v) is 3.61. The Morgan fingerprint density at radius 2 is 2.29 bits per heavy atom. The van der Waals surface area contributed by atoms with E-state index in [-0.39, 0.29) is 0 Å². The Kier molecular flexibility index (Phi) is 4.30. The molecule has 1 aliphatic heterocycles. The molecular weight excluding hydrogens is 234 g/mol. The normalized spacial score (nSPS) is 24.6. The zero-order chi connectivity index (χ0) is 12.3. The molecule has 2 atom stereocenters. The van der Waals surface area contributed by atoms with Crippen LogP contribution in [0.15, 0.2) is 18.2 Å². The molecule has 1 saturated heterocycles. The number of hydrogen-bond acceptors (Lipinski definition) is 2. The van der Waals surface area contributed by atoms with Crippen LogP contribution < -0.4 is 5.32 Å². The molecule has 1 aromatic rings. The summed E-state index contributed by atoms with van der Waals surface area (Å²) in [7, 11) is 0. The summed E-state index contributed by atoms with van der Waals surface area (Å²) in [5, 5.41) is 4.40. The molecule has 2 nitrogen and oxygen atoms in total. The maximum Gasteiger partial charge on any atom is 0.0592 e. The topological polar surface area (TPSA) is 21.3 Å². The average molecular weight is 254 g/mol. The number of halogens is 1. The fourth-order valence-electron chi connectivity index (χ4n) is 2.30. The largest absolute Gasteiger partial charge is 0.382 e. The van der Waals surface area contributed by atoms with Gasteiger partial charge in [0.25, 0.3) is 0 Å². The van der Waals surface area contributed by atoms with Crippen LogP contribution in [0.1, 0.15) is 31.7 Å². The number of aryl methyl sites for hydroxylation is 1. The van der Waals surface area contributed by atoms with Crippen LogP contribution in [0.25, 0.3) is 0 Å². The molecule has 0 bridgehead atoms. The van der Waals surface area contributed by atoms with Crippen molar-refractivity contribution in [3.8, 4) is 0 Å². The molecule has 94 valence electrons. The summed E-state index contributed by atoms with van der Waals surface area (Å²) in [6, 6.07) is 6.52. The van der Waals surface area contributed by atoms with Crippen LogP contribution >= 0.6 is 11.6 Å². The maximum absolute atomic E-state index is 5.96. The summed E-state index contributed by atoms with van der Waals surface area (Å²) < 4.78 is 5.68. The molecule has 0 saturated carbocycles. The number of nitrogens with one attached hydrogen (secondary N) is 1. The van der Waals surface area contributed by atoms with E-state index in [1.54, 1.807) is 0 Å². The molecule has 3 heteroatoms. The lowest BCUT2D eigenvalue weighted by molar-refractivity contribution is 0.00925. The molecule has 0 aliphatic carbocycles. The number of ether oxygens (including phenoxy) is 1. The summed E-state index contributed by atoms with van der Waals surface area (Å²) in [6.07, 6.45) is 3.68. The highest BCUT2D eigenvalue weighted by atomic mass is 35.5. The van der Waals surface area contributed by atoms with Gasteiger partial charge in [0.15, 0.2) is 0 Å². The van der Waals surface area contributed by atoms with Crippen molar-refractivity contribution in [2.75, 3.05) is 11.9 Å². The van der Waals surface area contributed by atoms with Gasteiger partial charge in [-0.3, -0.25) is 0 Å². The third kappa shape index (κ3) is 3.36. The van der Waals surface area contributed by atoms with Crippen LogP contribution in [0.3, 0.4) is 0 Å². The Morgan fingerprint density at radius 1 is 1.47 bits per heavy atom. The smallest absolute Gasteiger partial charge is 0.0592 e. The van der Waals surface area contributed by atoms with E-state index < -0.39 is 0 Å². The van der Waals surface area contributed by atoms with E-state index in [4.69, 9.17) is 16.3 Å². The molecular formula is C14H20ClNO. The fourth-order valence-corrected chi connectivity index (χ4v) is 2.53. The summed E-state index contributed by atoms with van der Waals surface area (Å²) in [5.74, 6) is 0. The van der Waals surface area contributed by atoms with Crippen molar-refractivity contribution in [2.24, 2.45) is 0 Å². The first-order valence-corrected chi connectivity index (χ1v) is 6.71. The quantitative estimate of drug-likeness (QED) is 0.879. The molecule has 1 fully saturated rings. The monoisotopic (exact) mass is 253 g/mol. The van der Waals surface area contributed by atoms with Gasteiger partial charge in [0.1, 0.15) is 0 Å². The molecule has 1 N–H and O–H groups in total. The Labute approximate surface area is 108 Å². The summed E-state index contributed by atoms with van der Waals surface area (Å²) in [6.45, 7) is 5.13. The van der Waals surface area contributed by atoms with Crippen LogP contribution in [0.2, 0.25) is 5.02 Å². The minimum absolute atomic E-state index is 0.411. The van der Waals surface area contributed by atoms with Crippen LogP contribution in [0, 0.1) is 6.92 Å². The van der Waals surface area contributed by atoms with E-state index in [1.807, 2.05) is 12.1 Å². The summed E-state index contributed by atoms with van der Waals surface area (Å²) in [5.41, 5.74) is 2.40. The minimum Gasteiger partial charge on any atom is -0.382 e. The van der Waals surface area contributed by atoms with Gasteiger partial charge in [0.2, 0.25) is 0 Å². The van der Waals surface area contributed by atoms with Gasteiger partial charge in [-0.2, -0.15) is 0 Å². The third-order valence-electron chi connectivity index (χ3n) is 3.37. The molecule has 2 rings (SSSR count). The Bertz CT molecular complexity index is 380. The lowest BCUT2D eigenvalue weighted by Gasteiger charge is -2.30. The molecule has 1 heterocycles. The molecule has 0 amide bonds. The number of anilines is 1. The number of benzene rings is 1. The molecule has 1 aromatic carbocycles. The standard InChI is InChI=1S/C14H20ClNO/c1-3-13-9-12(6-7-17-13)16-14-5-4-11(15)8-10(14)2/h4-5,8,12-13,16H,3,6-7,9H2,1-2H3. The highest BCUT2D eigenvalue weighted by Crippen LogP contribution is 2.24. The van der Waals surface area contributed by atoms with Crippen molar-refractivity contribution in [3.05, 3.63) is 28.8 Å². The lowest BCUT2D eigenvalue weighted by Crippen LogP contribution is -2.33. The Hall–Kier alpha value is -0.730. The first-order valence-electron chi connectivity index (χ1n) is 6.33. The highest BCUT2D eigenvalue weighted by molar-refractivity contribution is 6.30. The van der Waals surface area contributed by atoms with Gasteiger partial charge >= 0.3 is 0 Å². The molecule has 0 radical (unpaired) electrons. The van der Waals surface area contributed by atoms with Crippen molar-refractivity contribution in [1.29, 1.82) is 0 Å². The van der Waals surface area contributed by atoms with Gasteiger partial charge in [-0.1, -0.05) is 18.5 Å². The fraction of sp³-hybridized carbons (Fsp3) is 0.571. The minimum atomic E-state index is 0.411. The second-order valence-corrected chi connectivity index (χ2v) is 5.16. The van der Waals surface area contributed by atoms with Gasteiger partial charge < -0.3 is 10.1 Å². The van der Waals surface area contributed by atoms with Crippen molar-refractivity contribution >= 4 is 17.3 Å². The molecule has 2 unspecified atom stereocenters. The SMILES string of the molecule is CCC1CC(Nc2ccc(Cl)cc2C)CCO1. The van der Waals surface area contributed by atoms with Gasteiger partial charge in [0, 0.05) is 23.4 Å². The van der Waals surface area contributed by atoms with Gasteiger partial charge in [-0.15, -0.1) is 0 Å². The average Bonchev–Trinajstić information content (AvgIpc) is 2.33. The molecule has 0 aromatic heterocycles. The second-order valence-electron chi connectivity index (χ2n) is 4.73. The van der Waals surface area contributed by atoms with Crippen molar-refractivity contribution in [1.82, 2.24) is 0 Å². The van der Waals surface area contributed by atoms with E-state index >= 15 is 0 Å². The summed E-state index contributed by atoms with van der Waals surface area (Å²) >= 11 is 5.96. The predicted molar refractivity (Wildman–Crippen MR) is 72.9 cm³/mol. The summed E-state index contributed by atoms with van der Waals surface area (Å²) in [4.78, 5) is 0. The first-order chi connectivity index (χ1) is 8.19. The van der Waals surface area contributed by atoms with E-state index in [2.05, 4.69) is 25.2 Å². The van der Waals surface area contributed by atoms with Crippen molar-refractivity contribution < 1.29 is 4.74 Å². The van der Waals surface area contributed by atoms with Crippen LogP contribution in [-0.2, 0) is 4.74 Å². The van der Waals surface area contributed by atoms with E-state index in [9.17, 15) is 0 Å². The van der Waals surface area contributed by atoms with Crippen molar-refractivity contribution in [3.63, 3.8) is 0 Å². The van der Waals surface area contributed by atoms with E-state index in [0.29, 0.717) is 12.1 Å². The molecule has 1 aliphatic rings. The van der Waals surface area contributed by atoms with Gasteiger partial charge in [-0.25, -0.2) is 0 Å². The maximum atomic E-state index is 5.96. The first kappa shape index (κ1) is 12.7. The highest BCUT2D eigenvalue weighted by Gasteiger charge is 2.21. The Morgan fingerprint density at radius 3 is 3.00 bits per heavy atom. The van der Waals surface area contributed by atoms with Gasteiger partial charge in [-0.05, 0) is 49.9 Å². The molecule has 0 spiro atoms. The predicted octanol–water partition coefficient (Wildman–Crippen LogP) is 4.02. The van der Waals surface area contributed by atoms with Gasteiger partial charge in [0.05, 0.1) is 6.10 Å². The number of hydrogen-bond donors (Lipinski definition) is 1. The zero-order valence-electron chi connectivity index (χ0n) is 10.5. The lowest BCUT2D eigenvalue weighted by atomic mass is 10.0. The van der Waals surface area contributed by atoms with E-state index in [0.717, 1.165) is 30.9 Å². The zero-order valence-corrected chi connectivity index (χ0v) is 11.3. The number of rotatable bonds is 3. The Balaban J connectivity index is 2.00. The second kappa shape index (κ2) is 5.74. The molecule has 17 heavy (non-hydrogen) atoms. The van der Waals surface area contributed by atoms with Crippen LogP contribution in [-0.4, -0.2) is 18.8 Å². The van der Waals surface area contributed by atoms with Crippen LogP contribution in [0.5, 0.6) is 0 Å². The van der Waals surface area contributed by atoms with Crippen molar-refractivity contribution in [2.45, 2.75) is 45.3 Å². The van der Waals surface area contributed by atoms with E-state index in [1.165, 1.54) is 11.3 Å². The van der Waals surface area contributed by atoms with Crippen LogP contribution in [0.4, 0.5) is 5.69 Å².